The summed E-state index contributed by atoms with van der Waals surface area (Å²) in [6.07, 6.45) is 1.69. The molecule has 2 unspecified atom stereocenters. The topological polar surface area (TPSA) is 89.4 Å². The fourth-order valence-electron chi connectivity index (χ4n) is 2.52. The van der Waals surface area contributed by atoms with Crippen LogP contribution in [-0.4, -0.2) is 29.8 Å². The van der Waals surface area contributed by atoms with Crippen LogP contribution < -0.4 is 11.5 Å². The van der Waals surface area contributed by atoms with E-state index in [4.69, 9.17) is 11.5 Å². The van der Waals surface area contributed by atoms with Crippen molar-refractivity contribution < 1.29 is 9.59 Å². The first-order valence-corrected chi connectivity index (χ1v) is 6.95. The number of rotatable bonds is 5. The van der Waals surface area contributed by atoms with E-state index in [1.807, 2.05) is 30.3 Å². The van der Waals surface area contributed by atoms with Gasteiger partial charge in [-0.1, -0.05) is 30.3 Å². The largest absolute Gasteiger partial charge is 0.369 e. The van der Waals surface area contributed by atoms with Gasteiger partial charge in [-0.05, 0) is 18.4 Å². The van der Waals surface area contributed by atoms with E-state index in [-0.39, 0.29) is 23.8 Å². The molecule has 0 spiro atoms. The Morgan fingerprint density at radius 2 is 2.00 bits per heavy atom. The molecule has 1 heterocycles. The van der Waals surface area contributed by atoms with Crippen LogP contribution in [0.3, 0.4) is 0 Å². The average Bonchev–Trinajstić information content (AvgIpc) is 2.95. The molecule has 0 aliphatic carbocycles. The Bertz CT molecular complexity index is 475. The quantitative estimate of drug-likeness (QED) is 0.833. The lowest BCUT2D eigenvalue weighted by atomic mass is 10.0. The summed E-state index contributed by atoms with van der Waals surface area (Å²) < 4.78 is 0. The first-order chi connectivity index (χ1) is 9.58. The number of primary amides is 1. The van der Waals surface area contributed by atoms with Gasteiger partial charge in [0.15, 0.2) is 0 Å². The van der Waals surface area contributed by atoms with Gasteiger partial charge in [0.05, 0.1) is 5.92 Å². The molecule has 5 nitrogen and oxygen atoms in total. The number of nitrogens with zero attached hydrogens (tertiary/aromatic N) is 1. The number of nitrogens with two attached hydrogens (primary N) is 2. The molecule has 1 saturated heterocycles. The Morgan fingerprint density at radius 3 is 2.60 bits per heavy atom. The Kier molecular flexibility index (Phi) is 4.74. The first kappa shape index (κ1) is 14.5. The van der Waals surface area contributed by atoms with E-state index in [1.165, 1.54) is 0 Å². The van der Waals surface area contributed by atoms with Gasteiger partial charge in [0.25, 0.3) is 0 Å². The monoisotopic (exact) mass is 275 g/mol. The molecule has 0 saturated carbocycles. The minimum absolute atomic E-state index is 0.0557. The van der Waals surface area contributed by atoms with Crippen molar-refractivity contribution in [3.05, 3.63) is 35.9 Å². The summed E-state index contributed by atoms with van der Waals surface area (Å²) in [5.74, 6) is -0.455. The Labute approximate surface area is 118 Å². The zero-order valence-corrected chi connectivity index (χ0v) is 11.5. The molecule has 2 amide bonds. The molecule has 0 bridgehead atoms. The second-order valence-electron chi connectivity index (χ2n) is 5.28. The molecule has 1 aromatic carbocycles. The van der Waals surface area contributed by atoms with Gasteiger partial charge in [0, 0.05) is 25.6 Å². The van der Waals surface area contributed by atoms with Gasteiger partial charge in [-0.25, -0.2) is 0 Å². The molecule has 108 valence electrons. The fraction of sp³-hybridized carbons (Fsp3) is 0.467. The number of amides is 2. The molecule has 20 heavy (non-hydrogen) atoms. The van der Waals surface area contributed by atoms with E-state index in [9.17, 15) is 9.59 Å². The van der Waals surface area contributed by atoms with E-state index < -0.39 is 0 Å². The van der Waals surface area contributed by atoms with Gasteiger partial charge in [-0.2, -0.15) is 0 Å². The van der Waals surface area contributed by atoms with E-state index in [0.717, 1.165) is 5.56 Å². The van der Waals surface area contributed by atoms with Crippen LogP contribution in [-0.2, 0) is 9.59 Å². The van der Waals surface area contributed by atoms with Crippen molar-refractivity contribution >= 4 is 11.8 Å². The van der Waals surface area contributed by atoms with Crippen LogP contribution in [0.25, 0.3) is 0 Å². The molecular formula is C15H21N3O2. The Balaban J connectivity index is 1.80. The zero-order valence-electron chi connectivity index (χ0n) is 11.5. The smallest absolute Gasteiger partial charge is 0.222 e. The van der Waals surface area contributed by atoms with Crippen LogP contribution >= 0.6 is 0 Å². The highest BCUT2D eigenvalue weighted by atomic mass is 16.2. The van der Waals surface area contributed by atoms with Crippen molar-refractivity contribution in [3.8, 4) is 0 Å². The second-order valence-corrected chi connectivity index (χ2v) is 5.28. The van der Waals surface area contributed by atoms with Crippen molar-refractivity contribution in [1.82, 2.24) is 4.90 Å². The maximum Gasteiger partial charge on any atom is 0.222 e. The highest BCUT2D eigenvalue weighted by molar-refractivity contribution is 5.81. The molecule has 2 rings (SSSR count). The van der Waals surface area contributed by atoms with Crippen LogP contribution in [0.4, 0.5) is 0 Å². The summed E-state index contributed by atoms with van der Waals surface area (Å²) in [5.41, 5.74) is 12.4. The van der Waals surface area contributed by atoms with E-state index in [1.54, 1.807) is 4.90 Å². The fourth-order valence-corrected chi connectivity index (χ4v) is 2.52. The molecular weight excluding hydrogens is 254 g/mol. The molecule has 1 aromatic rings. The lowest BCUT2D eigenvalue weighted by molar-refractivity contribution is -0.130. The van der Waals surface area contributed by atoms with Crippen LogP contribution in [0.1, 0.15) is 30.9 Å². The number of benzene rings is 1. The van der Waals surface area contributed by atoms with Crippen molar-refractivity contribution in [1.29, 1.82) is 0 Å². The minimum Gasteiger partial charge on any atom is -0.369 e. The van der Waals surface area contributed by atoms with Crippen molar-refractivity contribution in [2.75, 3.05) is 13.1 Å². The van der Waals surface area contributed by atoms with Crippen LogP contribution in [0, 0.1) is 5.92 Å². The molecule has 5 heteroatoms. The zero-order chi connectivity index (χ0) is 14.5. The van der Waals surface area contributed by atoms with Crippen LogP contribution in [0.5, 0.6) is 0 Å². The molecule has 1 fully saturated rings. The maximum atomic E-state index is 12.1. The molecule has 1 aliphatic rings. The number of hydrogen-bond donors (Lipinski definition) is 2. The van der Waals surface area contributed by atoms with Gasteiger partial charge in [-0.15, -0.1) is 0 Å². The van der Waals surface area contributed by atoms with Gasteiger partial charge >= 0.3 is 0 Å². The van der Waals surface area contributed by atoms with E-state index in [0.29, 0.717) is 32.4 Å². The van der Waals surface area contributed by atoms with Gasteiger partial charge < -0.3 is 16.4 Å². The molecule has 0 radical (unpaired) electrons. The Morgan fingerprint density at radius 1 is 1.30 bits per heavy atom. The van der Waals surface area contributed by atoms with Crippen LogP contribution in [0.15, 0.2) is 30.3 Å². The SMILES string of the molecule is NC(=O)C1CCN(C(=O)CCC(N)c2ccccc2)C1. The third-order valence-corrected chi connectivity index (χ3v) is 3.84. The predicted molar refractivity (Wildman–Crippen MR) is 76.5 cm³/mol. The van der Waals surface area contributed by atoms with E-state index >= 15 is 0 Å². The molecule has 1 aliphatic heterocycles. The lowest BCUT2D eigenvalue weighted by Gasteiger charge is -2.17. The summed E-state index contributed by atoms with van der Waals surface area (Å²) in [6.45, 7) is 1.07. The molecule has 4 N–H and O–H groups in total. The molecule has 2 atom stereocenters. The number of carbonyl (C=O) groups excluding carboxylic acids is 2. The summed E-state index contributed by atoms with van der Waals surface area (Å²) in [5, 5.41) is 0. The number of hydrogen-bond acceptors (Lipinski definition) is 3. The number of likely N-dealkylation sites (tertiary alicyclic amines) is 1. The number of carbonyl (C=O) groups is 2. The van der Waals surface area contributed by atoms with Crippen molar-refractivity contribution in [2.24, 2.45) is 17.4 Å². The summed E-state index contributed by atoms with van der Waals surface area (Å²) in [4.78, 5) is 24.9. The third-order valence-electron chi connectivity index (χ3n) is 3.84. The first-order valence-electron chi connectivity index (χ1n) is 6.95. The lowest BCUT2D eigenvalue weighted by Crippen LogP contribution is -2.32. The van der Waals surface area contributed by atoms with Crippen LogP contribution in [0.2, 0.25) is 0 Å². The minimum atomic E-state index is -0.318. The Hall–Kier alpha value is -1.88. The van der Waals surface area contributed by atoms with E-state index in [2.05, 4.69) is 0 Å². The van der Waals surface area contributed by atoms with Gasteiger partial charge in [-0.3, -0.25) is 9.59 Å². The maximum absolute atomic E-state index is 12.1. The van der Waals surface area contributed by atoms with Gasteiger partial charge in [0.2, 0.25) is 11.8 Å². The highest BCUT2D eigenvalue weighted by Crippen LogP contribution is 2.20. The summed E-state index contributed by atoms with van der Waals surface area (Å²) in [7, 11) is 0. The second kappa shape index (κ2) is 6.52. The highest BCUT2D eigenvalue weighted by Gasteiger charge is 2.29. The standard InChI is InChI=1S/C15H21N3O2/c16-13(11-4-2-1-3-5-11)6-7-14(19)18-9-8-12(10-18)15(17)20/h1-5,12-13H,6-10,16H2,(H2,17,20). The summed E-state index contributed by atoms with van der Waals surface area (Å²) in [6, 6.07) is 9.62. The average molecular weight is 275 g/mol. The summed E-state index contributed by atoms with van der Waals surface area (Å²) >= 11 is 0. The molecule has 0 aromatic heterocycles. The third kappa shape index (κ3) is 3.57. The van der Waals surface area contributed by atoms with Gasteiger partial charge in [0.1, 0.15) is 0 Å². The normalized spacial score (nSPS) is 19.9. The van der Waals surface area contributed by atoms with Crippen molar-refractivity contribution in [3.63, 3.8) is 0 Å². The van der Waals surface area contributed by atoms with Crippen molar-refractivity contribution in [2.45, 2.75) is 25.3 Å². The predicted octanol–water partition coefficient (Wildman–Crippen LogP) is 0.800.